The number of likely N-dealkylation sites (tertiary alicyclic amines) is 1. The molecule has 1 aliphatic rings. The number of carbonyl (C=O) groups is 1. The normalized spacial score (nSPS) is 21.6. The first-order chi connectivity index (χ1) is 9.25. The van der Waals surface area contributed by atoms with Gasteiger partial charge in [0.2, 0.25) is 0 Å². The van der Waals surface area contributed by atoms with E-state index in [4.69, 9.17) is 5.73 Å². The van der Waals surface area contributed by atoms with Crippen LogP contribution in [0.25, 0.3) is 0 Å². The zero-order chi connectivity index (χ0) is 13.2. The van der Waals surface area contributed by atoms with Crippen LogP contribution in [0.3, 0.4) is 0 Å². The molecular weight excluding hydrogens is 292 g/mol. The van der Waals surface area contributed by atoms with E-state index in [1.54, 1.807) is 11.3 Å². The Balaban J connectivity index is 0.00000147. The van der Waals surface area contributed by atoms with Crippen molar-refractivity contribution >= 4 is 29.7 Å². The number of thiophene rings is 1. The molecule has 5 heteroatoms. The van der Waals surface area contributed by atoms with Crippen molar-refractivity contribution in [2.75, 3.05) is 13.1 Å². The summed E-state index contributed by atoms with van der Waals surface area (Å²) in [6.07, 6.45) is 0. The SMILES string of the molecule is Cl.N[C@@H]1CN(C(=O)c2ccsc2)C[C@H]1c1ccccc1. The molecule has 20 heavy (non-hydrogen) atoms. The third-order valence-corrected chi connectivity index (χ3v) is 4.33. The van der Waals surface area contributed by atoms with E-state index in [1.165, 1.54) is 5.56 Å². The average Bonchev–Trinajstić information content (AvgIpc) is 3.08. The first-order valence-electron chi connectivity index (χ1n) is 6.37. The maximum atomic E-state index is 12.3. The van der Waals surface area contributed by atoms with E-state index >= 15 is 0 Å². The lowest BCUT2D eigenvalue weighted by atomic mass is 9.95. The van der Waals surface area contributed by atoms with Gasteiger partial charge in [0.1, 0.15) is 0 Å². The van der Waals surface area contributed by atoms with E-state index in [-0.39, 0.29) is 30.3 Å². The molecule has 2 aromatic rings. The summed E-state index contributed by atoms with van der Waals surface area (Å²) in [5.41, 5.74) is 8.19. The molecule has 2 atom stereocenters. The van der Waals surface area contributed by atoms with Crippen LogP contribution in [0.2, 0.25) is 0 Å². The monoisotopic (exact) mass is 308 g/mol. The molecular formula is C15H17ClN2OS. The van der Waals surface area contributed by atoms with E-state index in [9.17, 15) is 4.79 Å². The van der Waals surface area contributed by atoms with E-state index in [0.29, 0.717) is 13.1 Å². The lowest BCUT2D eigenvalue weighted by molar-refractivity contribution is 0.0789. The second-order valence-electron chi connectivity index (χ2n) is 4.90. The lowest BCUT2D eigenvalue weighted by Crippen LogP contribution is -2.31. The van der Waals surface area contributed by atoms with Crippen LogP contribution in [-0.4, -0.2) is 29.9 Å². The first-order valence-corrected chi connectivity index (χ1v) is 7.32. The molecule has 1 saturated heterocycles. The summed E-state index contributed by atoms with van der Waals surface area (Å²) in [5.74, 6) is 0.332. The van der Waals surface area contributed by atoms with E-state index in [1.807, 2.05) is 39.9 Å². The van der Waals surface area contributed by atoms with E-state index in [0.717, 1.165) is 5.56 Å². The molecule has 1 aromatic carbocycles. The summed E-state index contributed by atoms with van der Waals surface area (Å²) >= 11 is 1.55. The topological polar surface area (TPSA) is 46.3 Å². The number of hydrogen-bond acceptors (Lipinski definition) is 3. The van der Waals surface area contributed by atoms with E-state index in [2.05, 4.69) is 12.1 Å². The lowest BCUT2D eigenvalue weighted by Gasteiger charge is -2.15. The number of halogens is 1. The molecule has 2 heterocycles. The molecule has 1 fully saturated rings. The maximum absolute atomic E-state index is 12.3. The minimum Gasteiger partial charge on any atom is -0.336 e. The van der Waals surface area contributed by atoms with Gasteiger partial charge in [0, 0.05) is 30.4 Å². The number of amides is 1. The molecule has 0 aliphatic carbocycles. The summed E-state index contributed by atoms with van der Waals surface area (Å²) in [4.78, 5) is 14.2. The Morgan fingerprint density at radius 1 is 1.20 bits per heavy atom. The molecule has 3 nitrogen and oxygen atoms in total. The van der Waals surface area contributed by atoms with Crippen molar-refractivity contribution in [3.05, 3.63) is 58.3 Å². The maximum Gasteiger partial charge on any atom is 0.254 e. The number of benzene rings is 1. The van der Waals surface area contributed by atoms with Gasteiger partial charge in [-0.25, -0.2) is 0 Å². The Morgan fingerprint density at radius 3 is 2.60 bits per heavy atom. The highest BCUT2D eigenvalue weighted by atomic mass is 35.5. The number of rotatable bonds is 2. The highest BCUT2D eigenvalue weighted by Crippen LogP contribution is 2.27. The number of carbonyl (C=O) groups excluding carboxylic acids is 1. The standard InChI is InChI=1S/C15H16N2OS.ClH/c16-14-9-17(15(18)12-6-7-19-10-12)8-13(14)11-4-2-1-3-5-11;/h1-7,10,13-14H,8-9,16H2;1H/t13-,14+;/m0./s1. The number of hydrogen-bond donors (Lipinski definition) is 1. The highest BCUT2D eigenvalue weighted by Gasteiger charge is 2.34. The molecule has 3 rings (SSSR count). The molecule has 1 aliphatic heterocycles. The molecule has 1 amide bonds. The zero-order valence-corrected chi connectivity index (χ0v) is 12.6. The van der Waals surface area contributed by atoms with Crippen LogP contribution in [-0.2, 0) is 0 Å². The molecule has 0 radical (unpaired) electrons. The smallest absolute Gasteiger partial charge is 0.254 e. The van der Waals surface area contributed by atoms with Crippen molar-refractivity contribution in [2.24, 2.45) is 5.73 Å². The fourth-order valence-electron chi connectivity index (χ4n) is 2.62. The van der Waals surface area contributed by atoms with Crippen molar-refractivity contribution < 1.29 is 4.79 Å². The average molecular weight is 309 g/mol. The highest BCUT2D eigenvalue weighted by molar-refractivity contribution is 7.08. The minimum absolute atomic E-state index is 0. The predicted molar refractivity (Wildman–Crippen MR) is 84.6 cm³/mol. The second-order valence-corrected chi connectivity index (χ2v) is 5.68. The summed E-state index contributed by atoms with van der Waals surface area (Å²) in [6, 6.07) is 12.1. The van der Waals surface area contributed by atoms with Crippen molar-refractivity contribution in [1.29, 1.82) is 0 Å². The van der Waals surface area contributed by atoms with Crippen LogP contribution in [0.1, 0.15) is 21.8 Å². The third kappa shape index (κ3) is 2.87. The molecule has 0 unspecified atom stereocenters. The number of nitrogens with zero attached hydrogens (tertiary/aromatic N) is 1. The third-order valence-electron chi connectivity index (χ3n) is 3.65. The first kappa shape index (κ1) is 15.0. The second kappa shape index (κ2) is 6.39. The van der Waals surface area contributed by atoms with Gasteiger partial charge >= 0.3 is 0 Å². The predicted octanol–water partition coefficient (Wildman–Crippen LogP) is 2.74. The Morgan fingerprint density at radius 2 is 1.95 bits per heavy atom. The summed E-state index contributed by atoms with van der Waals surface area (Å²) < 4.78 is 0. The number of nitrogens with two attached hydrogens (primary N) is 1. The minimum atomic E-state index is 0. The van der Waals surface area contributed by atoms with Crippen molar-refractivity contribution in [1.82, 2.24) is 4.90 Å². The van der Waals surface area contributed by atoms with Crippen LogP contribution >= 0.6 is 23.7 Å². The molecule has 2 N–H and O–H groups in total. The summed E-state index contributed by atoms with van der Waals surface area (Å²) in [7, 11) is 0. The quantitative estimate of drug-likeness (QED) is 0.927. The van der Waals surface area contributed by atoms with Crippen molar-refractivity contribution in [3.63, 3.8) is 0 Å². The zero-order valence-electron chi connectivity index (χ0n) is 10.9. The van der Waals surface area contributed by atoms with Crippen molar-refractivity contribution in [3.8, 4) is 0 Å². The molecule has 0 spiro atoms. The van der Waals surface area contributed by atoms with Crippen molar-refractivity contribution in [2.45, 2.75) is 12.0 Å². The molecule has 0 bridgehead atoms. The van der Waals surface area contributed by atoms with Gasteiger partial charge in [0.25, 0.3) is 5.91 Å². The Hall–Kier alpha value is -1.36. The fourth-order valence-corrected chi connectivity index (χ4v) is 3.25. The van der Waals surface area contributed by atoms with Gasteiger partial charge in [-0.05, 0) is 17.0 Å². The van der Waals surface area contributed by atoms with Crippen LogP contribution in [0, 0.1) is 0 Å². The van der Waals surface area contributed by atoms with Gasteiger partial charge in [-0.2, -0.15) is 11.3 Å². The molecule has 1 aromatic heterocycles. The van der Waals surface area contributed by atoms with Crippen LogP contribution in [0.5, 0.6) is 0 Å². The summed E-state index contributed by atoms with van der Waals surface area (Å²) in [6.45, 7) is 1.34. The van der Waals surface area contributed by atoms with Gasteiger partial charge in [-0.15, -0.1) is 12.4 Å². The van der Waals surface area contributed by atoms with Crippen LogP contribution < -0.4 is 5.73 Å². The van der Waals surface area contributed by atoms with E-state index < -0.39 is 0 Å². The summed E-state index contributed by atoms with van der Waals surface area (Å²) in [5, 5.41) is 3.82. The van der Waals surface area contributed by atoms with Gasteiger partial charge in [0.05, 0.1) is 5.56 Å². The van der Waals surface area contributed by atoms with Crippen LogP contribution in [0.15, 0.2) is 47.2 Å². The largest absolute Gasteiger partial charge is 0.336 e. The molecule has 0 saturated carbocycles. The Labute approximate surface area is 128 Å². The Kier molecular flexibility index (Phi) is 4.81. The fraction of sp³-hybridized carbons (Fsp3) is 0.267. The Bertz CT molecular complexity index is 559. The van der Waals surface area contributed by atoms with Crippen LogP contribution in [0.4, 0.5) is 0 Å². The molecule has 106 valence electrons. The van der Waals surface area contributed by atoms with Gasteiger partial charge in [-0.3, -0.25) is 4.79 Å². The van der Waals surface area contributed by atoms with Gasteiger partial charge in [0.15, 0.2) is 0 Å². The van der Waals surface area contributed by atoms with Gasteiger partial charge in [-0.1, -0.05) is 30.3 Å². The van der Waals surface area contributed by atoms with Gasteiger partial charge < -0.3 is 10.6 Å².